The first-order chi connectivity index (χ1) is 12.8. The molecule has 27 heavy (non-hydrogen) atoms. The van der Waals surface area contributed by atoms with Gasteiger partial charge in [-0.05, 0) is 30.0 Å². The Morgan fingerprint density at radius 1 is 1.19 bits per heavy atom. The highest BCUT2D eigenvalue weighted by molar-refractivity contribution is 6.07. The van der Waals surface area contributed by atoms with Crippen LogP contribution in [-0.2, 0) is 9.59 Å². The van der Waals surface area contributed by atoms with E-state index in [1.807, 2.05) is 13.8 Å². The molecule has 0 aliphatic carbocycles. The van der Waals surface area contributed by atoms with Crippen molar-refractivity contribution in [1.82, 2.24) is 10.2 Å². The Labute approximate surface area is 156 Å². The molecule has 3 amide bonds. The number of ether oxygens (including phenoxy) is 1. The minimum Gasteiger partial charge on any atom is -0.486 e. The van der Waals surface area contributed by atoms with Crippen molar-refractivity contribution in [2.75, 3.05) is 13.2 Å². The number of urea groups is 1. The number of aliphatic carboxylic acids is 1. The van der Waals surface area contributed by atoms with E-state index < -0.39 is 36.1 Å². The maximum atomic E-state index is 12.7. The first-order valence-corrected chi connectivity index (χ1v) is 8.63. The Morgan fingerprint density at radius 3 is 2.26 bits per heavy atom. The molecule has 4 N–H and O–H groups in total. The highest BCUT2D eigenvalue weighted by atomic mass is 16.5. The molecule has 1 heterocycles. The lowest BCUT2D eigenvalue weighted by Crippen LogP contribution is -2.46. The first-order valence-electron chi connectivity index (χ1n) is 8.63. The van der Waals surface area contributed by atoms with Crippen LogP contribution < -0.4 is 10.1 Å². The molecular weight excluding hydrogens is 356 g/mol. The average Bonchev–Trinajstić information content (AvgIpc) is 2.92. The van der Waals surface area contributed by atoms with Crippen LogP contribution in [0.5, 0.6) is 5.75 Å². The van der Waals surface area contributed by atoms with Gasteiger partial charge in [-0.25, -0.2) is 14.5 Å². The van der Waals surface area contributed by atoms with Gasteiger partial charge in [0.25, 0.3) is 5.91 Å². The molecule has 1 aromatic carbocycles. The largest absolute Gasteiger partial charge is 0.486 e. The Kier molecular flexibility index (Phi) is 6.75. The van der Waals surface area contributed by atoms with Gasteiger partial charge in [0.2, 0.25) is 0 Å². The van der Waals surface area contributed by atoms with Crippen molar-refractivity contribution in [3.8, 4) is 5.75 Å². The van der Waals surface area contributed by atoms with Crippen molar-refractivity contribution in [3.63, 3.8) is 0 Å². The van der Waals surface area contributed by atoms with Crippen molar-refractivity contribution in [3.05, 3.63) is 29.8 Å². The second kappa shape index (κ2) is 8.83. The van der Waals surface area contributed by atoms with Crippen LogP contribution in [0, 0.1) is 5.92 Å². The zero-order valence-electron chi connectivity index (χ0n) is 15.2. The van der Waals surface area contributed by atoms with Gasteiger partial charge in [0.05, 0.1) is 13.2 Å². The number of hydrogen-bond donors (Lipinski definition) is 4. The van der Waals surface area contributed by atoms with Crippen LogP contribution in [0.1, 0.15) is 31.9 Å². The summed E-state index contributed by atoms with van der Waals surface area (Å²) in [6, 6.07) is 3.26. The van der Waals surface area contributed by atoms with E-state index in [-0.39, 0.29) is 25.6 Å². The molecule has 0 radical (unpaired) electrons. The predicted octanol–water partition coefficient (Wildman–Crippen LogP) is 0.511. The quantitative estimate of drug-likeness (QED) is 0.458. The van der Waals surface area contributed by atoms with Gasteiger partial charge in [0, 0.05) is 0 Å². The number of carboxylic acids is 1. The molecule has 9 nitrogen and oxygen atoms in total. The van der Waals surface area contributed by atoms with E-state index in [9.17, 15) is 19.5 Å². The maximum Gasteiger partial charge on any atom is 0.327 e. The van der Waals surface area contributed by atoms with E-state index in [1.54, 1.807) is 24.3 Å². The normalized spacial score (nSPS) is 18.1. The first kappa shape index (κ1) is 20.7. The zero-order valence-corrected chi connectivity index (χ0v) is 15.2. The standard InChI is InChI=1S/C18H24N2O7/c1-10(2)7-14(17(24)25)20-16(23)15(19-18(20)26)11-3-5-12(6-4-11)27-13(8-21)9-22/h3-6,10,13-15,21-22H,7-9H2,1-2H3,(H,19,26)(H,24,25). The van der Waals surface area contributed by atoms with Gasteiger partial charge >= 0.3 is 12.0 Å². The fraction of sp³-hybridized carbons (Fsp3) is 0.500. The van der Waals surface area contributed by atoms with Crippen LogP contribution in [0.2, 0.25) is 0 Å². The Hall–Kier alpha value is -2.65. The van der Waals surface area contributed by atoms with Gasteiger partial charge in [0.1, 0.15) is 23.9 Å². The van der Waals surface area contributed by atoms with Gasteiger partial charge in [-0.2, -0.15) is 0 Å². The molecule has 0 saturated carbocycles. The Balaban J connectivity index is 2.17. The lowest BCUT2D eigenvalue weighted by atomic mass is 10.0. The topological polar surface area (TPSA) is 136 Å². The summed E-state index contributed by atoms with van der Waals surface area (Å²) in [5.41, 5.74) is 0.474. The molecular formula is C18H24N2O7. The summed E-state index contributed by atoms with van der Waals surface area (Å²) in [6.07, 6.45) is -0.593. The molecule has 0 aromatic heterocycles. The zero-order chi connectivity index (χ0) is 20.1. The molecule has 9 heteroatoms. The van der Waals surface area contributed by atoms with E-state index >= 15 is 0 Å². The van der Waals surface area contributed by atoms with Crippen LogP contribution >= 0.6 is 0 Å². The molecule has 1 aromatic rings. The van der Waals surface area contributed by atoms with E-state index in [4.69, 9.17) is 14.9 Å². The molecule has 1 aliphatic heterocycles. The number of benzene rings is 1. The summed E-state index contributed by atoms with van der Waals surface area (Å²) in [6.45, 7) is 2.93. The van der Waals surface area contributed by atoms with Crippen molar-refractivity contribution in [2.24, 2.45) is 5.92 Å². The molecule has 0 bridgehead atoms. The maximum absolute atomic E-state index is 12.7. The smallest absolute Gasteiger partial charge is 0.327 e. The van der Waals surface area contributed by atoms with E-state index in [0.29, 0.717) is 11.3 Å². The number of nitrogens with zero attached hydrogens (tertiary/aromatic N) is 1. The van der Waals surface area contributed by atoms with Crippen LogP contribution in [0.3, 0.4) is 0 Å². The number of aliphatic hydroxyl groups is 2. The van der Waals surface area contributed by atoms with Gasteiger partial charge in [-0.3, -0.25) is 4.79 Å². The van der Waals surface area contributed by atoms with Gasteiger partial charge in [-0.1, -0.05) is 26.0 Å². The molecule has 148 valence electrons. The second-order valence-electron chi connectivity index (χ2n) is 6.75. The lowest BCUT2D eigenvalue weighted by molar-refractivity contribution is -0.147. The van der Waals surface area contributed by atoms with Crippen LogP contribution in [0.15, 0.2) is 24.3 Å². The number of hydrogen-bond acceptors (Lipinski definition) is 6. The van der Waals surface area contributed by atoms with Crippen molar-refractivity contribution < 1.29 is 34.4 Å². The SMILES string of the molecule is CC(C)CC(C(=O)O)N1C(=O)NC(c2ccc(OC(CO)CO)cc2)C1=O. The van der Waals surface area contributed by atoms with Gasteiger partial charge < -0.3 is 25.4 Å². The third kappa shape index (κ3) is 4.75. The number of carbonyl (C=O) groups is 3. The van der Waals surface area contributed by atoms with E-state index in [1.165, 1.54) is 0 Å². The molecule has 2 unspecified atom stereocenters. The average molecular weight is 380 g/mol. The summed E-state index contributed by atoms with van der Waals surface area (Å²) < 4.78 is 5.35. The number of carbonyl (C=O) groups excluding carboxylic acids is 2. The third-order valence-electron chi connectivity index (χ3n) is 4.19. The molecule has 0 spiro atoms. The Morgan fingerprint density at radius 2 is 1.78 bits per heavy atom. The van der Waals surface area contributed by atoms with Crippen LogP contribution in [0.25, 0.3) is 0 Å². The van der Waals surface area contributed by atoms with Crippen LogP contribution in [-0.4, -0.2) is 63.5 Å². The number of nitrogens with one attached hydrogen (secondary N) is 1. The fourth-order valence-corrected chi connectivity index (χ4v) is 2.84. The van der Waals surface area contributed by atoms with Gasteiger partial charge in [-0.15, -0.1) is 0 Å². The van der Waals surface area contributed by atoms with E-state index in [0.717, 1.165) is 4.90 Å². The predicted molar refractivity (Wildman–Crippen MR) is 94.0 cm³/mol. The fourth-order valence-electron chi connectivity index (χ4n) is 2.84. The summed E-state index contributed by atoms with van der Waals surface area (Å²) in [5.74, 6) is -1.47. The second-order valence-corrected chi connectivity index (χ2v) is 6.75. The van der Waals surface area contributed by atoms with Crippen LogP contribution in [0.4, 0.5) is 4.79 Å². The lowest BCUT2D eigenvalue weighted by Gasteiger charge is -2.23. The van der Waals surface area contributed by atoms with E-state index in [2.05, 4.69) is 5.32 Å². The molecule has 1 fully saturated rings. The minimum absolute atomic E-state index is 0.00632. The highest BCUT2D eigenvalue weighted by Gasteiger charge is 2.45. The summed E-state index contributed by atoms with van der Waals surface area (Å²) >= 11 is 0. The highest BCUT2D eigenvalue weighted by Crippen LogP contribution is 2.27. The monoisotopic (exact) mass is 380 g/mol. The number of imide groups is 1. The summed E-state index contributed by atoms with van der Waals surface area (Å²) in [5, 5.41) is 30.0. The number of rotatable bonds is 9. The summed E-state index contributed by atoms with van der Waals surface area (Å²) in [4.78, 5) is 37.2. The van der Waals surface area contributed by atoms with Crippen molar-refractivity contribution >= 4 is 17.9 Å². The number of amides is 3. The molecule has 1 aliphatic rings. The molecule has 2 rings (SSSR count). The van der Waals surface area contributed by atoms with Crippen molar-refractivity contribution in [1.29, 1.82) is 0 Å². The molecule has 2 atom stereocenters. The van der Waals surface area contributed by atoms with Crippen molar-refractivity contribution in [2.45, 2.75) is 38.5 Å². The number of aliphatic hydroxyl groups excluding tert-OH is 2. The minimum atomic E-state index is -1.23. The third-order valence-corrected chi connectivity index (χ3v) is 4.19. The Bertz CT molecular complexity index is 685. The number of carboxylic acid groups (broad SMARTS) is 1. The summed E-state index contributed by atoms with van der Waals surface area (Å²) in [7, 11) is 0. The van der Waals surface area contributed by atoms with Gasteiger partial charge in [0.15, 0.2) is 0 Å². The molecule has 1 saturated heterocycles.